The van der Waals surface area contributed by atoms with Gasteiger partial charge in [-0.15, -0.1) is 0 Å². The SMILES string of the molecule is CCCCCCCCCCCCCCCC(=O)OC(CCCCCCCCCCCCCCC)CC(=O)N[C@H](C(=O)N[C@@H](CCC(=O)OCc1ccccc1)C(=O)OCc1ccccc1)C(C)C. The van der Waals surface area contributed by atoms with Crippen LogP contribution in [0, 0.1) is 5.92 Å². The summed E-state index contributed by atoms with van der Waals surface area (Å²) in [6, 6.07) is 16.3. The molecule has 10 nitrogen and oxygen atoms in total. The molecule has 2 rings (SSSR count). The molecule has 0 saturated heterocycles. The van der Waals surface area contributed by atoms with Crippen molar-refractivity contribution < 1.29 is 38.2 Å². The monoisotopic (exact) mass is 947 g/mol. The summed E-state index contributed by atoms with van der Waals surface area (Å²) >= 11 is 0. The van der Waals surface area contributed by atoms with E-state index < -0.39 is 41.9 Å². The van der Waals surface area contributed by atoms with Crippen molar-refractivity contribution in [3.8, 4) is 0 Å². The second-order valence-electron chi connectivity index (χ2n) is 19.5. The molecule has 2 aromatic rings. The summed E-state index contributed by atoms with van der Waals surface area (Å²) in [5, 5.41) is 5.66. The number of hydrogen-bond donors (Lipinski definition) is 2. The molecule has 68 heavy (non-hydrogen) atoms. The standard InChI is InChI=1S/C58H94N2O8/c1-5-7-9-11-13-15-17-19-21-23-25-27-35-41-51(68-55(63)42-36-28-26-24-22-20-18-16-14-12-10-8-6-2)45-53(61)60-56(48(3)4)57(64)59-52(58(65)67-47-50-39-33-30-34-40-50)43-44-54(62)66-46-49-37-31-29-32-38-49/h29-34,37-40,48,51-52,56H,5-28,35-36,41-47H2,1-4H3,(H,59,64)(H,60,61)/t51?,52-,56-/m0/s1. The third-order valence-corrected chi connectivity index (χ3v) is 12.8. The highest BCUT2D eigenvalue weighted by atomic mass is 16.5. The summed E-state index contributed by atoms with van der Waals surface area (Å²) < 4.78 is 17.0. The van der Waals surface area contributed by atoms with E-state index in [9.17, 15) is 24.0 Å². The third-order valence-electron chi connectivity index (χ3n) is 12.8. The minimum absolute atomic E-state index is 0.00639. The van der Waals surface area contributed by atoms with E-state index in [-0.39, 0.29) is 44.4 Å². The number of carbonyl (C=O) groups is 5. The van der Waals surface area contributed by atoms with Crippen LogP contribution in [0.5, 0.6) is 0 Å². The van der Waals surface area contributed by atoms with Gasteiger partial charge in [0, 0.05) is 12.8 Å². The van der Waals surface area contributed by atoms with E-state index >= 15 is 0 Å². The van der Waals surface area contributed by atoms with Gasteiger partial charge in [0.05, 0.1) is 6.42 Å². The first-order chi connectivity index (χ1) is 33.1. The van der Waals surface area contributed by atoms with Gasteiger partial charge in [-0.05, 0) is 42.7 Å². The molecule has 10 heteroatoms. The van der Waals surface area contributed by atoms with Crippen molar-refractivity contribution in [1.82, 2.24) is 10.6 Å². The molecule has 0 aliphatic carbocycles. The van der Waals surface area contributed by atoms with Crippen LogP contribution in [0.2, 0.25) is 0 Å². The number of ether oxygens (including phenoxy) is 3. The fourth-order valence-corrected chi connectivity index (χ4v) is 8.51. The van der Waals surface area contributed by atoms with Gasteiger partial charge >= 0.3 is 17.9 Å². The molecule has 0 radical (unpaired) electrons. The predicted molar refractivity (Wildman–Crippen MR) is 276 cm³/mol. The smallest absolute Gasteiger partial charge is 0.328 e. The highest BCUT2D eigenvalue weighted by molar-refractivity contribution is 5.91. The van der Waals surface area contributed by atoms with E-state index in [4.69, 9.17) is 14.2 Å². The van der Waals surface area contributed by atoms with Gasteiger partial charge < -0.3 is 24.8 Å². The van der Waals surface area contributed by atoms with Gasteiger partial charge in [-0.2, -0.15) is 0 Å². The number of carbonyl (C=O) groups excluding carboxylic acids is 5. The highest BCUT2D eigenvalue weighted by Gasteiger charge is 2.31. The summed E-state index contributed by atoms with van der Waals surface area (Å²) in [5.41, 5.74) is 1.61. The lowest BCUT2D eigenvalue weighted by Gasteiger charge is -2.26. The molecule has 0 saturated carbocycles. The molecule has 0 aliphatic heterocycles. The summed E-state index contributed by atoms with van der Waals surface area (Å²) in [7, 11) is 0. The Morgan fingerprint density at radius 2 is 0.897 bits per heavy atom. The Kier molecular flexibility index (Phi) is 35.8. The molecule has 2 N–H and O–H groups in total. The summed E-state index contributed by atoms with van der Waals surface area (Å²) in [6.07, 6.45) is 31.9. The Balaban J connectivity index is 1.96. The average Bonchev–Trinajstić information content (AvgIpc) is 3.33. The van der Waals surface area contributed by atoms with E-state index in [0.717, 1.165) is 49.7 Å². The lowest BCUT2D eigenvalue weighted by atomic mass is 10.0. The van der Waals surface area contributed by atoms with Crippen LogP contribution in [-0.2, 0) is 51.4 Å². The van der Waals surface area contributed by atoms with Crippen LogP contribution in [-0.4, -0.2) is 47.9 Å². The molecule has 2 aromatic carbocycles. The molecule has 384 valence electrons. The third kappa shape index (κ3) is 31.8. The maximum atomic E-state index is 13.9. The molecule has 1 unspecified atom stereocenters. The van der Waals surface area contributed by atoms with E-state index in [2.05, 4.69) is 24.5 Å². The Labute approximate surface area is 413 Å². The van der Waals surface area contributed by atoms with Gasteiger partial charge in [0.25, 0.3) is 0 Å². The van der Waals surface area contributed by atoms with Crippen molar-refractivity contribution >= 4 is 29.7 Å². The van der Waals surface area contributed by atoms with Crippen LogP contribution >= 0.6 is 0 Å². The number of benzene rings is 2. The summed E-state index contributed by atoms with van der Waals surface area (Å²) in [4.78, 5) is 67.0. The first-order valence-electron chi connectivity index (χ1n) is 27.3. The lowest BCUT2D eigenvalue weighted by Crippen LogP contribution is -2.54. The van der Waals surface area contributed by atoms with Crippen LogP contribution < -0.4 is 10.6 Å². The Hall–Kier alpha value is -4.21. The average molecular weight is 947 g/mol. The fraction of sp³-hybridized carbons (Fsp3) is 0.707. The van der Waals surface area contributed by atoms with Crippen LogP contribution in [0.4, 0.5) is 0 Å². The zero-order chi connectivity index (χ0) is 49.3. The van der Waals surface area contributed by atoms with E-state index in [0.29, 0.717) is 12.8 Å². The maximum Gasteiger partial charge on any atom is 0.328 e. The van der Waals surface area contributed by atoms with Gasteiger partial charge in [-0.3, -0.25) is 19.2 Å². The van der Waals surface area contributed by atoms with Crippen LogP contribution in [0.15, 0.2) is 60.7 Å². The second-order valence-corrected chi connectivity index (χ2v) is 19.5. The zero-order valence-electron chi connectivity index (χ0n) is 43.2. The van der Waals surface area contributed by atoms with Crippen LogP contribution in [0.1, 0.15) is 238 Å². The van der Waals surface area contributed by atoms with E-state index in [1.165, 1.54) is 128 Å². The molecule has 0 aliphatic rings. The minimum Gasteiger partial charge on any atom is -0.462 e. The van der Waals surface area contributed by atoms with Gasteiger partial charge in [-0.25, -0.2) is 4.79 Å². The molecular formula is C58H94N2O8. The lowest BCUT2D eigenvalue weighted by molar-refractivity contribution is -0.151. The van der Waals surface area contributed by atoms with Crippen molar-refractivity contribution in [2.45, 2.75) is 258 Å². The highest BCUT2D eigenvalue weighted by Crippen LogP contribution is 2.19. The number of amides is 2. The largest absolute Gasteiger partial charge is 0.462 e. The predicted octanol–water partition coefficient (Wildman–Crippen LogP) is 14.1. The van der Waals surface area contributed by atoms with Crippen molar-refractivity contribution in [2.24, 2.45) is 5.92 Å². The number of rotatable bonds is 43. The maximum absolute atomic E-state index is 13.9. The molecule has 0 bridgehead atoms. The normalized spacial score (nSPS) is 12.5. The molecule has 0 spiro atoms. The fourth-order valence-electron chi connectivity index (χ4n) is 8.51. The minimum atomic E-state index is -1.16. The van der Waals surface area contributed by atoms with E-state index in [1.807, 2.05) is 74.5 Å². The quantitative estimate of drug-likeness (QED) is 0.0381. The van der Waals surface area contributed by atoms with Crippen molar-refractivity contribution in [1.29, 1.82) is 0 Å². The molecule has 0 heterocycles. The van der Waals surface area contributed by atoms with E-state index in [1.54, 1.807) is 0 Å². The first-order valence-corrected chi connectivity index (χ1v) is 27.3. The number of hydrogen-bond acceptors (Lipinski definition) is 8. The van der Waals surface area contributed by atoms with Crippen molar-refractivity contribution in [2.75, 3.05) is 0 Å². The molecule has 3 atom stereocenters. The van der Waals surface area contributed by atoms with Crippen molar-refractivity contribution in [3.63, 3.8) is 0 Å². The van der Waals surface area contributed by atoms with Gasteiger partial charge in [0.1, 0.15) is 31.4 Å². The Bertz CT molecular complexity index is 1580. The van der Waals surface area contributed by atoms with Gasteiger partial charge in [0.2, 0.25) is 11.8 Å². The Morgan fingerprint density at radius 1 is 0.471 bits per heavy atom. The number of nitrogens with one attached hydrogen (secondary N) is 2. The molecule has 2 amide bonds. The molecular weight excluding hydrogens is 853 g/mol. The molecule has 0 aromatic heterocycles. The summed E-state index contributed by atoms with van der Waals surface area (Å²) in [5.74, 6) is -2.80. The van der Waals surface area contributed by atoms with Crippen LogP contribution in [0.25, 0.3) is 0 Å². The zero-order valence-corrected chi connectivity index (χ0v) is 43.2. The number of esters is 3. The van der Waals surface area contributed by atoms with Gasteiger partial charge in [-0.1, -0.05) is 242 Å². The molecule has 0 fully saturated rings. The first kappa shape index (κ1) is 59.9. The second kappa shape index (κ2) is 40.7. The van der Waals surface area contributed by atoms with Gasteiger partial charge in [0.15, 0.2) is 0 Å². The summed E-state index contributed by atoms with van der Waals surface area (Å²) in [6.45, 7) is 8.22. The Morgan fingerprint density at radius 3 is 1.35 bits per heavy atom. The van der Waals surface area contributed by atoms with Crippen LogP contribution in [0.3, 0.4) is 0 Å². The number of unbranched alkanes of at least 4 members (excludes halogenated alkanes) is 24. The topological polar surface area (TPSA) is 137 Å². The van der Waals surface area contributed by atoms with Crippen molar-refractivity contribution in [3.05, 3.63) is 71.8 Å².